The number of nitro groups is 2. The van der Waals surface area contributed by atoms with Crippen LogP contribution in [0.3, 0.4) is 0 Å². The van der Waals surface area contributed by atoms with E-state index in [-0.39, 0.29) is 33.9 Å². The van der Waals surface area contributed by atoms with Crippen molar-refractivity contribution >= 4 is 52.6 Å². The van der Waals surface area contributed by atoms with Gasteiger partial charge in [-0.15, -0.1) is 0 Å². The Morgan fingerprint density at radius 2 is 1.00 bits per heavy atom. The first-order valence-electron chi connectivity index (χ1n) is 9.57. The first-order chi connectivity index (χ1) is 16.6. The standard InChI is InChI=1S/C20H9N7O8/c21-20-22-14(24-16(28)10-3-1-8(26(32)33)5-12(10)18(24)30)7-15(23-20)25-17(29)11-4-2-9(27(34)35)6-13(11)19(25)31/h1-7H,(H2,21,22,23). The van der Waals surface area contributed by atoms with Crippen molar-refractivity contribution in [2.45, 2.75) is 0 Å². The van der Waals surface area contributed by atoms with Crippen molar-refractivity contribution in [3.05, 3.63) is 84.9 Å². The van der Waals surface area contributed by atoms with Crippen LogP contribution in [-0.4, -0.2) is 43.4 Å². The molecule has 35 heavy (non-hydrogen) atoms. The highest BCUT2D eigenvalue weighted by molar-refractivity contribution is 6.36. The third-order valence-electron chi connectivity index (χ3n) is 5.34. The van der Waals surface area contributed by atoms with Gasteiger partial charge in [0.1, 0.15) is 0 Å². The zero-order valence-electron chi connectivity index (χ0n) is 17.1. The highest BCUT2D eigenvalue weighted by Crippen LogP contribution is 2.34. The number of fused-ring (bicyclic) bond motifs is 2. The summed E-state index contributed by atoms with van der Waals surface area (Å²) in [4.78, 5) is 81.0. The lowest BCUT2D eigenvalue weighted by atomic mass is 10.1. The smallest absolute Gasteiger partial charge is 0.270 e. The number of aromatic nitrogens is 2. The molecule has 0 fully saturated rings. The Hall–Kier alpha value is -5.60. The molecule has 0 saturated carbocycles. The van der Waals surface area contributed by atoms with E-state index in [1.54, 1.807) is 0 Å². The predicted molar refractivity (Wildman–Crippen MR) is 115 cm³/mol. The van der Waals surface area contributed by atoms with Crippen molar-refractivity contribution in [2.24, 2.45) is 0 Å². The van der Waals surface area contributed by atoms with E-state index < -0.39 is 50.8 Å². The lowest BCUT2D eigenvalue weighted by Gasteiger charge is -2.17. The van der Waals surface area contributed by atoms with Crippen molar-refractivity contribution in [1.82, 2.24) is 9.97 Å². The molecule has 3 heterocycles. The number of anilines is 3. The SMILES string of the molecule is Nc1nc(N2C(=O)c3ccc([N+](=O)[O-])cc3C2=O)cc(N2C(=O)c3ccc([N+](=O)[O-])cc3C2=O)n1. The van der Waals surface area contributed by atoms with Crippen LogP contribution in [0, 0.1) is 20.2 Å². The Labute approximate surface area is 192 Å². The Balaban J connectivity index is 1.56. The van der Waals surface area contributed by atoms with Gasteiger partial charge in [0, 0.05) is 30.3 Å². The van der Waals surface area contributed by atoms with Gasteiger partial charge in [-0.25, -0.2) is 9.80 Å². The fourth-order valence-corrected chi connectivity index (χ4v) is 3.77. The molecule has 2 aliphatic heterocycles. The summed E-state index contributed by atoms with van der Waals surface area (Å²) in [6.07, 6.45) is 0. The number of amides is 4. The Bertz CT molecular complexity index is 1460. The van der Waals surface area contributed by atoms with Gasteiger partial charge in [-0.1, -0.05) is 0 Å². The topological polar surface area (TPSA) is 213 Å². The number of nitrogens with two attached hydrogens (primary N) is 1. The summed E-state index contributed by atoms with van der Waals surface area (Å²) in [5.74, 6) is -4.86. The van der Waals surface area contributed by atoms with E-state index >= 15 is 0 Å². The number of rotatable bonds is 4. The van der Waals surface area contributed by atoms with Gasteiger partial charge in [-0.2, -0.15) is 9.97 Å². The number of non-ortho nitro benzene ring substituents is 2. The van der Waals surface area contributed by atoms with Crippen LogP contribution in [0.25, 0.3) is 0 Å². The molecule has 0 spiro atoms. The minimum absolute atomic E-state index is 0.118. The Kier molecular flexibility index (Phi) is 4.38. The molecule has 3 aromatic rings. The highest BCUT2D eigenvalue weighted by atomic mass is 16.6. The summed E-state index contributed by atoms with van der Waals surface area (Å²) in [6.45, 7) is 0. The number of benzene rings is 2. The second-order valence-electron chi connectivity index (χ2n) is 7.31. The molecule has 1 aromatic heterocycles. The maximum absolute atomic E-state index is 12.9. The molecule has 5 rings (SSSR count). The van der Waals surface area contributed by atoms with Gasteiger partial charge < -0.3 is 5.73 Å². The van der Waals surface area contributed by atoms with Crippen LogP contribution in [0.4, 0.5) is 29.0 Å². The Morgan fingerprint density at radius 1 is 0.629 bits per heavy atom. The molecule has 2 aliphatic rings. The number of hydrogen-bond donors (Lipinski definition) is 1. The average Bonchev–Trinajstić information content (AvgIpc) is 3.22. The molecule has 0 radical (unpaired) electrons. The van der Waals surface area contributed by atoms with Gasteiger partial charge in [0.25, 0.3) is 35.0 Å². The first kappa shape index (κ1) is 21.3. The maximum atomic E-state index is 12.9. The number of imide groups is 2. The van der Waals surface area contributed by atoms with Crippen molar-refractivity contribution < 1.29 is 29.0 Å². The lowest BCUT2D eigenvalue weighted by Crippen LogP contribution is -2.33. The normalized spacial score (nSPS) is 14.4. The second kappa shape index (κ2) is 7.20. The van der Waals surface area contributed by atoms with Crippen LogP contribution in [-0.2, 0) is 0 Å². The molecule has 172 valence electrons. The average molecular weight is 475 g/mol. The van der Waals surface area contributed by atoms with Crippen molar-refractivity contribution in [2.75, 3.05) is 15.5 Å². The van der Waals surface area contributed by atoms with Gasteiger partial charge in [0.15, 0.2) is 11.6 Å². The molecule has 15 heteroatoms. The van der Waals surface area contributed by atoms with Crippen LogP contribution in [0.1, 0.15) is 41.4 Å². The molecule has 0 bridgehead atoms. The van der Waals surface area contributed by atoms with Gasteiger partial charge >= 0.3 is 0 Å². The zero-order valence-corrected chi connectivity index (χ0v) is 17.1. The van der Waals surface area contributed by atoms with E-state index in [4.69, 9.17) is 5.73 Å². The van der Waals surface area contributed by atoms with Gasteiger partial charge in [-0.05, 0) is 12.1 Å². The molecular formula is C20H9N7O8. The zero-order chi connectivity index (χ0) is 25.2. The van der Waals surface area contributed by atoms with E-state index in [0.29, 0.717) is 9.80 Å². The molecular weight excluding hydrogens is 466 g/mol. The van der Waals surface area contributed by atoms with Crippen molar-refractivity contribution in [3.8, 4) is 0 Å². The van der Waals surface area contributed by atoms with Crippen LogP contribution < -0.4 is 15.5 Å². The van der Waals surface area contributed by atoms with Crippen molar-refractivity contribution in [1.29, 1.82) is 0 Å². The fourth-order valence-electron chi connectivity index (χ4n) is 3.77. The number of carbonyl (C=O) groups is 4. The van der Waals surface area contributed by atoms with E-state index in [2.05, 4.69) is 9.97 Å². The van der Waals surface area contributed by atoms with Crippen LogP contribution in [0.15, 0.2) is 42.5 Å². The molecule has 4 amide bonds. The second-order valence-corrected chi connectivity index (χ2v) is 7.31. The maximum Gasteiger partial charge on any atom is 0.270 e. The number of nitrogens with zero attached hydrogens (tertiary/aromatic N) is 6. The van der Waals surface area contributed by atoms with E-state index in [1.165, 1.54) is 0 Å². The fraction of sp³-hybridized carbons (Fsp3) is 0. The lowest BCUT2D eigenvalue weighted by molar-refractivity contribution is -0.385. The van der Waals surface area contributed by atoms with E-state index in [0.717, 1.165) is 42.5 Å². The molecule has 15 nitrogen and oxygen atoms in total. The molecule has 0 atom stereocenters. The van der Waals surface area contributed by atoms with Gasteiger partial charge in [-0.3, -0.25) is 39.4 Å². The monoisotopic (exact) mass is 475 g/mol. The summed E-state index contributed by atoms with van der Waals surface area (Å²) < 4.78 is 0. The van der Waals surface area contributed by atoms with E-state index in [1.807, 2.05) is 0 Å². The quantitative estimate of drug-likeness (QED) is 0.324. The first-order valence-corrected chi connectivity index (χ1v) is 9.57. The number of nitrogen functional groups attached to an aromatic ring is 1. The third-order valence-corrected chi connectivity index (χ3v) is 5.34. The van der Waals surface area contributed by atoms with E-state index in [9.17, 15) is 39.4 Å². The van der Waals surface area contributed by atoms with Crippen LogP contribution >= 0.6 is 0 Å². The molecule has 0 unspecified atom stereocenters. The van der Waals surface area contributed by atoms with Crippen LogP contribution in [0.5, 0.6) is 0 Å². The van der Waals surface area contributed by atoms with Gasteiger partial charge in [0.2, 0.25) is 5.95 Å². The summed E-state index contributed by atoms with van der Waals surface area (Å²) in [7, 11) is 0. The summed E-state index contributed by atoms with van der Waals surface area (Å²) in [5.41, 5.74) is 4.18. The number of carbonyl (C=O) groups excluding carboxylic acids is 4. The predicted octanol–water partition coefficient (Wildman–Crippen LogP) is 1.48. The number of nitro benzene ring substituents is 2. The molecule has 2 aromatic carbocycles. The van der Waals surface area contributed by atoms with Crippen molar-refractivity contribution in [3.63, 3.8) is 0 Å². The summed E-state index contributed by atoms with van der Waals surface area (Å²) in [6, 6.07) is 7.24. The highest BCUT2D eigenvalue weighted by Gasteiger charge is 2.42. The molecule has 0 saturated heterocycles. The summed E-state index contributed by atoms with van der Waals surface area (Å²) >= 11 is 0. The molecule has 0 aliphatic carbocycles. The number of hydrogen-bond acceptors (Lipinski definition) is 11. The Morgan fingerprint density at radius 3 is 1.37 bits per heavy atom. The van der Waals surface area contributed by atoms with Crippen LogP contribution in [0.2, 0.25) is 0 Å². The summed E-state index contributed by atoms with van der Waals surface area (Å²) in [5, 5.41) is 22.1. The molecule has 2 N–H and O–H groups in total. The van der Waals surface area contributed by atoms with Gasteiger partial charge in [0.05, 0.1) is 32.1 Å². The third kappa shape index (κ3) is 3.06. The largest absolute Gasteiger partial charge is 0.368 e. The minimum Gasteiger partial charge on any atom is -0.368 e. The minimum atomic E-state index is -0.935.